The average Bonchev–Trinajstić information content (AvgIpc) is 2.37. The Balaban J connectivity index is 2.51. The lowest BCUT2D eigenvalue weighted by Crippen LogP contribution is -2.39. The second-order valence-electron chi connectivity index (χ2n) is 5.08. The summed E-state index contributed by atoms with van der Waals surface area (Å²) < 4.78 is 5.21. The summed E-state index contributed by atoms with van der Waals surface area (Å²) >= 11 is 0. The number of amides is 1. The molecule has 0 bridgehead atoms. The Kier molecular flexibility index (Phi) is 5.38. The molecule has 0 heterocycles. The zero-order chi connectivity index (χ0) is 13.6. The van der Waals surface area contributed by atoms with Gasteiger partial charge in [0.2, 0.25) is 0 Å². The number of hydrogen-bond acceptors (Lipinski definition) is 3. The number of allylic oxidation sites excluding steroid dienone is 2. The molecule has 2 atom stereocenters. The molecule has 0 saturated carbocycles. The molecule has 0 aromatic rings. The molecule has 102 valence electrons. The van der Waals surface area contributed by atoms with Gasteiger partial charge in [0.25, 0.3) is 0 Å². The van der Waals surface area contributed by atoms with Crippen molar-refractivity contribution in [3.05, 3.63) is 12.2 Å². The van der Waals surface area contributed by atoms with Gasteiger partial charge in [0.15, 0.2) is 0 Å². The molecule has 2 unspecified atom stereocenters. The summed E-state index contributed by atoms with van der Waals surface area (Å²) in [5, 5.41) is 2.73. The summed E-state index contributed by atoms with van der Waals surface area (Å²) in [6.07, 6.45) is 6.79. The van der Waals surface area contributed by atoms with E-state index < -0.39 is 11.5 Å². The van der Waals surface area contributed by atoms with Gasteiger partial charge in [-0.1, -0.05) is 19.1 Å². The van der Waals surface area contributed by atoms with Crippen LogP contribution in [0.5, 0.6) is 0 Å². The summed E-state index contributed by atoms with van der Waals surface area (Å²) in [5.41, 5.74) is -0.512. The number of hydrogen-bond donors (Lipinski definition) is 1. The van der Waals surface area contributed by atoms with Crippen LogP contribution in [0.3, 0.4) is 0 Å². The van der Waals surface area contributed by atoms with Gasteiger partial charge in [0.1, 0.15) is 12.4 Å². The highest BCUT2D eigenvalue weighted by Crippen LogP contribution is 2.34. The molecule has 0 saturated heterocycles. The SMILES string of the molecule is CCC(C)NC(=O)OCC1(C(C)=O)CC=CCC1. The molecular weight excluding hydrogens is 230 g/mol. The van der Waals surface area contributed by atoms with Crippen molar-refractivity contribution in [3.63, 3.8) is 0 Å². The fourth-order valence-corrected chi connectivity index (χ4v) is 1.99. The van der Waals surface area contributed by atoms with Gasteiger partial charge in [-0.05, 0) is 39.5 Å². The van der Waals surface area contributed by atoms with Crippen LogP contribution < -0.4 is 5.32 Å². The first-order valence-electron chi connectivity index (χ1n) is 6.59. The summed E-state index contributed by atoms with van der Waals surface area (Å²) in [4.78, 5) is 23.3. The third-order valence-electron chi connectivity index (χ3n) is 3.67. The molecule has 1 N–H and O–H groups in total. The summed E-state index contributed by atoms with van der Waals surface area (Å²) in [7, 11) is 0. The third kappa shape index (κ3) is 3.86. The van der Waals surface area contributed by atoms with Gasteiger partial charge in [-0.15, -0.1) is 0 Å². The van der Waals surface area contributed by atoms with Crippen molar-refractivity contribution in [1.29, 1.82) is 0 Å². The number of rotatable bonds is 5. The predicted molar refractivity (Wildman–Crippen MR) is 70.3 cm³/mol. The van der Waals surface area contributed by atoms with Gasteiger partial charge in [0.05, 0.1) is 5.41 Å². The van der Waals surface area contributed by atoms with Gasteiger partial charge < -0.3 is 10.1 Å². The molecule has 1 aliphatic carbocycles. The quantitative estimate of drug-likeness (QED) is 0.766. The van der Waals surface area contributed by atoms with E-state index in [9.17, 15) is 9.59 Å². The fraction of sp³-hybridized carbons (Fsp3) is 0.714. The number of alkyl carbamates (subject to hydrolysis) is 1. The number of nitrogens with one attached hydrogen (secondary N) is 1. The van der Waals surface area contributed by atoms with Crippen LogP contribution in [-0.4, -0.2) is 24.5 Å². The topological polar surface area (TPSA) is 55.4 Å². The molecule has 4 heteroatoms. The van der Waals surface area contributed by atoms with E-state index >= 15 is 0 Å². The van der Waals surface area contributed by atoms with Gasteiger partial charge in [-0.3, -0.25) is 4.79 Å². The first kappa shape index (κ1) is 14.7. The van der Waals surface area contributed by atoms with E-state index in [1.807, 2.05) is 19.9 Å². The normalized spacial score (nSPS) is 24.4. The van der Waals surface area contributed by atoms with Crippen LogP contribution in [0.2, 0.25) is 0 Å². The maximum absolute atomic E-state index is 11.8. The van der Waals surface area contributed by atoms with Crippen LogP contribution in [0.4, 0.5) is 4.79 Å². The minimum atomic E-state index is -0.512. The molecule has 1 amide bonds. The van der Waals surface area contributed by atoms with E-state index in [4.69, 9.17) is 4.74 Å². The molecule has 4 nitrogen and oxygen atoms in total. The second kappa shape index (κ2) is 6.57. The zero-order valence-corrected chi connectivity index (χ0v) is 11.5. The molecule has 0 fully saturated rings. The van der Waals surface area contributed by atoms with Crippen LogP contribution in [-0.2, 0) is 9.53 Å². The Morgan fingerprint density at radius 1 is 1.44 bits per heavy atom. The Morgan fingerprint density at radius 3 is 2.67 bits per heavy atom. The summed E-state index contributed by atoms with van der Waals surface area (Å²) in [5.74, 6) is 0.100. The van der Waals surface area contributed by atoms with E-state index in [1.54, 1.807) is 6.92 Å². The fourth-order valence-electron chi connectivity index (χ4n) is 1.99. The number of carbonyl (C=O) groups is 2. The Morgan fingerprint density at radius 2 is 2.17 bits per heavy atom. The van der Waals surface area contributed by atoms with Crippen LogP contribution in [0.1, 0.15) is 46.5 Å². The van der Waals surface area contributed by atoms with Crippen molar-refractivity contribution in [3.8, 4) is 0 Å². The smallest absolute Gasteiger partial charge is 0.407 e. The lowest BCUT2D eigenvalue weighted by Gasteiger charge is -2.31. The number of Topliss-reactive ketones (excluding diaryl/α,β-unsaturated/α-hetero) is 1. The molecule has 18 heavy (non-hydrogen) atoms. The first-order valence-corrected chi connectivity index (χ1v) is 6.59. The zero-order valence-electron chi connectivity index (χ0n) is 11.5. The predicted octanol–water partition coefficient (Wildman–Crippen LogP) is 2.83. The van der Waals surface area contributed by atoms with Crippen LogP contribution in [0.25, 0.3) is 0 Å². The van der Waals surface area contributed by atoms with Gasteiger partial charge in [-0.2, -0.15) is 0 Å². The van der Waals surface area contributed by atoms with Crippen molar-refractivity contribution in [2.24, 2.45) is 5.41 Å². The number of carbonyl (C=O) groups excluding carboxylic acids is 2. The molecule has 0 aliphatic heterocycles. The summed E-state index contributed by atoms with van der Waals surface area (Å²) in [6, 6.07) is 0.0945. The molecule has 0 aromatic heterocycles. The van der Waals surface area contributed by atoms with E-state index in [1.165, 1.54) is 0 Å². The molecular formula is C14H23NO3. The number of ether oxygens (including phenoxy) is 1. The summed E-state index contributed by atoms with van der Waals surface area (Å²) in [6.45, 7) is 5.67. The highest BCUT2D eigenvalue weighted by molar-refractivity contribution is 5.83. The molecule has 0 radical (unpaired) electrons. The van der Waals surface area contributed by atoms with Crippen molar-refractivity contribution in [2.75, 3.05) is 6.61 Å². The van der Waals surface area contributed by atoms with Crippen molar-refractivity contribution in [1.82, 2.24) is 5.32 Å². The first-order chi connectivity index (χ1) is 8.50. The maximum atomic E-state index is 11.8. The van der Waals surface area contributed by atoms with E-state index in [-0.39, 0.29) is 18.4 Å². The molecule has 1 aliphatic rings. The minimum absolute atomic E-state index is 0.0945. The third-order valence-corrected chi connectivity index (χ3v) is 3.67. The minimum Gasteiger partial charge on any atom is -0.448 e. The molecule has 0 spiro atoms. The van der Waals surface area contributed by atoms with Gasteiger partial charge in [-0.25, -0.2) is 4.79 Å². The lowest BCUT2D eigenvalue weighted by atomic mass is 9.75. The standard InChI is InChI=1S/C14H23NO3/c1-4-11(2)15-13(17)18-10-14(12(3)16)8-6-5-7-9-14/h5-6,11H,4,7-10H2,1-3H3,(H,15,17). The van der Waals surface area contributed by atoms with E-state index in [0.717, 1.165) is 19.3 Å². The van der Waals surface area contributed by atoms with Crippen molar-refractivity contribution in [2.45, 2.75) is 52.5 Å². The van der Waals surface area contributed by atoms with Gasteiger partial charge >= 0.3 is 6.09 Å². The number of ketones is 1. The highest BCUT2D eigenvalue weighted by Gasteiger charge is 2.36. The monoisotopic (exact) mass is 253 g/mol. The molecule has 0 aromatic carbocycles. The second-order valence-corrected chi connectivity index (χ2v) is 5.08. The Bertz CT molecular complexity index is 338. The van der Waals surface area contributed by atoms with Crippen molar-refractivity contribution < 1.29 is 14.3 Å². The van der Waals surface area contributed by atoms with Gasteiger partial charge in [0, 0.05) is 6.04 Å². The lowest BCUT2D eigenvalue weighted by molar-refractivity contribution is -0.129. The Hall–Kier alpha value is -1.32. The van der Waals surface area contributed by atoms with E-state index in [2.05, 4.69) is 11.4 Å². The average molecular weight is 253 g/mol. The van der Waals surface area contributed by atoms with Crippen LogP contribution >= 0.6 is 0 Å². The van der Waals surface area contributed by atoms with Crippen molar-refractivity contribution >= 4 is 11.9 Å². The largest absolute Gasteiger partial charge is 0.448 e. The van der Waals surface area contributed by atoms with E-state index in [0.29, 0.717) is 6.42 Å². The van der Waals surface area contributed by atoms with Crippen LogP contribution in [0.15, 0.2) is 12.2 Å². The van der Waals surface area contributed by atoms with Crippen LogP contribution in [0, 0.1) is 5.41 Å². The molecule has 1 rings (SSSR count). The maximum Gasteiger partial charge on any atom is 0.407 e. The Labute approximate surface area is 109 Å². The highest BCUT2D eigenvalue weighted by atomic mass is 16.5.